The highest BCUT2D eigenvalue weighted by atomic mass is 35.5. The summed E-state index contributed by atoms with van der Waals surface area (Å²) in [5.74, 6) is 0.128. The van der Waals surface area contributed by atoms with E-state index in [2.05, 4.69) is 31.4 Å². The van der Waals surface area contributed by atoms with Crippen LogP contribution in [0.4, 0.5) is 4.79 Å². The van der Waals surface area contributed by atoms with Gasteiger partial charge in [0, 0.05) is 5.02 Å². The lowest BCUT2D eigenvalue weighted by Gasteiger charge is -2.43. The molecule has 3 aliphatic rings. The lowest BCUT2D eigenvalue weighted by molar-refractivity contribution is -0.137. The highest BCUT2D eigenvalue weighted by Gasteiger charge is 2.56. The number of carbonyl (C=O) groups is 3. The minimum Gasteiger partial charge on any atom is -0.347 e. The molecule has 0 unspecified atom stereocenters. The summed E-state index contributed by atoms with van der Waals surface area (Å²) in [6, 6.07) is 6.87. The maximum absolute atomic E-state index is 13.2. The van der Waals surface area contributed by atoms with Crippen LogP contribution < -0.4 is 10.6 Å². The summed E-state index contributed by atoms with van der Waals surface area (Å²) in [5, 5.41) is 6.62. The fourth-order valence-electron chi connectivity index (χ4n) is 5.59. The van der Waals surface area contributed by atoms with E-state index in [9.17, 15) is 14.4 Å². The van der Waals surface area contributed by atoms with Gasteiger partial charge in [0.25, 0.3) is 5.91 Å². The van der Waals surface area contributed by atoms with Crippen LogP contribution >= 0.6 is 11.6 Å². The average molecular weight is 432 g/mol. The number of carbonyl (C=O) groups excluding carboxylic acids is 3. The van der Waals surface area contributed by atoms with E-state index in [4.69, 9.17) is 11.6 Å². The topological polar surface area (TPSA) is 78.5 Å². The average Bonchev–Trinajstić information content (AvgIpc) is 3.44. The molecule has 1 aromatic carbocycles. The Bertz CT molecular complexity index is 865. The number of imide groups is 1. The van der Waals surface area contributed by atoms with E-state index in [0.29, 0.717) is 29.7 Å². The van der Waals surface area contributed by atoms with Gasteiger partial charge in [-0.15, -0.1) is 0 Å². The summed E-state index contributed by atoms with van der Waals surface area (Å²) in [5.41, 5.74) is 0.0709. The van der Waals surface area contributed by atoms with Crippen molar-refractivity contribution in [1.29, 1.82) is 0 Å². The second-order valence-corrected chi connectivity index (χ2v) is 10.6. The minimum atomic E-state index is -0.884. The molecular formula is C23H30ClN3O3. The first-order chi connectivity index (χ1) is 14.1. The van der Waals surface area contributed by atoms with Gasteiger partial charge in [0.05, 0.1) is 6.04 Å². The van der Waals surface area contributed by atoms with Gasteiger partial charge in [0.1, 0.15) is 12.1 Å². The number of halogens is 1. The third-order valence-electron chi connectivity index (χ3n) is 6.56. The largest absolute Gasteiger partial charge is 0.347 e. The Morgan fingerprint density at radius 1 is 1.23 bits per heavy atom. The van der Waals surface area contributed by atoms with Crippen molar-refractivity contribution in [2.45, 2.75) is 64.5 Å². The van der Waals surface area contributed by atoms with Crippen molar-refractivity contribution in [1.82, 2.24) is 15.5 Å². The van der Waals surface area contributed by atoms with E-state index < -0.39 is 11.6 Å². The molecule has 162 valence electrons. The predicted octanol–water partition coefficient (Wildman–Crippen LogP) is 4.04. The zero-order valence-corrected chi connectivity index (χ0v) is 18.6. The number of benzene rings is 1. The van der Waals surface area contributed by atoms with Crippen LogP contribution in [0.15, 0.2) is 24.3 Å². The van der Waals surface area contributed by atoms with Crippen LogP contribution in [-0.2, 0) is 9.59 Å². The molecule has 0 radical (unpaired) electrons. The van der Waals surface area contributed by atoms with Crippen LogP contribution in [0.1, 0.15) is 64.5 Å². The Kier molecular flexibility index (Phi) is 5.33. The summed E-state index contributed by atoms with van der Waals surface area (Å²) >= 11 is 5.99. The fraction of sp³-hybridized carbons (Fsp3) is 0.609. The zero-order valence-electron chi connectivity index (χ0n) is 17.8. The van der Waals surface area contributed by atoms with Gasteiger partial charge >= 0.3 is 6.03 Å². The van der Waals surface area contributed by atoms with E-state index >= 15 is 0 Å². The first-order valence-corrected chi connectivity index (χ1v) is 11.2. The molecule has 1 aliphatic heterocycles. The summed E-state index contributed by atoms with van der Waals surface area (Å²) in [6.07, 6.45) is 4.33. The molecule has 1 saturated heterocycles. The van der Waals surface area contributed by atoms with Crippen LogP contribution in [-0.4, -0.2) is 34.8 Å². The van der Waals surface area contributed by atoms with Gasteiger partial charge in [-0.3, -0.25) is 14.5 Å². The third kappa shape index (κ3) is 4.20. The minimum absolute atomic E-state index is 0.0372. The molecule has 6 nitrogen and oxygen atoms in total. The van der Waals surface area contributed by atoms with E-state index in [1.165, 1.54) is 0 Å². The van der Waals surface area contributed by atoms with E-state index in [-0.39, 0.29) is 29.8 Å². The van der Waals surface area contributed by atoms with Crippen molar-refractivity contribution in [3.63, 3.8) is 0 Å². The number of nitrogens with one attached hydrogen (secondary N) is 2. The van der Waals surface area contributed by atoms with Crippen LogP contribution in [0.25, 0.3) is 0 Å². The number of rotatable bonds is 5. The first kappa shape index (κ1) is 21.2. The van der Waals surface area contributed by atoms with Crippen LogP contribution in [0, 0.1) is 17.3 Å². The smallest absolute Gasteiger partial charge is 0.325 e. The van der Waals surface area contributed by atoms with Crippen molar-refractivity contribution in [3.8, 4) is 0 Å². The predicted molar refractivity (Wildman–Crippen MR) is 115 cm³/mol. The van der Waals surface area contributed by atoms with Gasteiger partial charge in [0.2, 0.25) is 5.91 Å². The maximum Gasteiger partial charge on any atom is 0.325 e. The molecule has 3 fully saturated rings. The van der Waals surface area contributed by atoms with Gasteiger partial charge in [-0.1, -0.05) is 44.5 Å². The molecule has 30 heavy (non-hydrogen) atoms. The van der Waals surface area contributed by atoms with E-state index in [0.717, 1.165) is 29.7 Å². The van der Waals surface area contributed by atoms with Crippen LogP contribution in [0.5, 0.6) is 0 Å². The number of hydrogen-bond acceptors (Lipinski definition) is 3. The summed E-state index contributed by atoms with van der Waals surface area (Å²) in [7, 11) is 0. The normalized spacial score (nSPS) is 29.1. The molecule has 1 spiro atoms. The number of amides is 4. The number of hydrogen-bond donors (Lipinski definition) is 2. The molecule has 2 aliphatic carbocycles. The highest BCUT2D eigenvalue weighted by Crippen LogP contribution is 2.46. The Balaban J connectivity index is 1.46. The lowest BCUT2D eigenvalue weighted by atomic mass is 9.64. The van der Waals surface area contributed by atoms with Crippen molar-refractivity contribution < 1.29 is 14.4 Å². The first-order valence-electron chi connectivity index (χ1n) is 10.8. The number of nitrogens with zero attached hydrogens (tertiary/aromatic N) is 1. The van der Waals surface area contributed by atoms with Crippen LogP contribution in [0.2, 0.25) is 5.02 Å². The maximum atomic E-state index is 13.2. The van der Waals surface area contributed by atoms with Crippen molar-refractivity contribution in [2.75, 3.05) is 6.54 Å². The van der Waals surface area contributed by atoms with Crippen molar-refractivity contribution >= 4 is 29.4 Å². The lowest BCUT2D eigenvalue weighted by Crippen LogP contribution is -2.54. The second-order valence-electron chi connectivity index (χ2n) is 10.2. The molecule has 2 saturated carbocycles. The molecule has 7 heteroatoms. The van der Waals surface area contributed by atoms with Gasteiger partial charge < -0.3 is 10.6 Å². The zero-order chi connectivity index (χ0) is 21.7. The summed E-state index contributed by atoms with van der Waals surface area (Å²) < 4.78 is 0. The number of urea groups is 1. The molecule has 3 atom stereocenters. The third-order valence-corrected chi connectivity index (χ3v) is 6.82. The van der Waals surface area contributed by atoms with E-state index in [1.54, 1.807) is 0 Å². The summed E-state index contributed by atoms with van der Waals surface area (Å²) in [4.78, 5) is 39.8. The van der Waals surface area contributed by atoms with Gasteiger partial charge in [-0.25, -0.2) is 4.79 Å². The Labute approximate surface area is 182 Å². The molecular weight excluding hydrogens is 402 g/mol. The van der Waals surface area contributed by atoms with Crippen molar-refractivity contribution in [3.05, 3.63) is 34.9 Å². The molecule has 2 N–H and O–H groups in total. The quantitative estimate of drug-likeness (QED) is 0.690. The van der Waals surface area contributed by atoms with Gasteiger partial charge in [-0.2, -0.15) is 0 Å². The Hall–Kier alpha value is -2.08. The molecule has 1 heterocycles. The SMILES string of the molecule is C[C@@H]1CC(C)(C)C[C@]2(C1)NC(=O)N(CC(=O)N[C@H](c1ccc(Cl)cc1)C1CC1)C2=O. The second kappa shape index (κ2) is 7.56. The monoisotopic (exact) mass is 431 g/mol. The van der Waals surface area contributed by atoms with Crippen LogP contribution in [0.3, 0.4) is 0 Å². The Morgan fingerprint density at radius 2 is 1.90 bits per heavy atom. The molecule has 0 aromatic heterocycles. The Morgan fingerprint density at radius 3 is 2.50 bits per heavy atom. The molecule has 1 aromatic rings. The van der Waals surface area contributed by atoms with E-state index in [1.807, 2.05) is 24.3 Å². The highest BCUT2D eigenvalue weighted by molar-refractivity contribution is 6.30. The summed E-state index contributed by atoms with van der Waals surface area (Å²) in [6.45, 7) is 6.12. The fourth-order valence-corrected chi connectivity index (χ4v) is 5.71. The van der Waals surface area contributed by atoms with Crippen molar-refractivity contribution in [2.24, 2.45) is 17.3 Å². The molecule has 4 rings (SSSR count). The molecule has 4 amide bonds. The standard InChI is InChI=1S/C23H30ClN3O3/c1-14-10-22(2,3)13-23(11-14)20(29)27(21(30)26-23)12-18(28)25-19(15-4-5-15)16-6-8-17(24)9-7-16/h6-9,14-15,19H,4-5,10-13H2,1-3H3,(H,25,28)(H,26,30)/t14-,19+,23+/m1/s1. The van der Waals surface area contributed by atoms with Gasteiger partial charge in [0.15, 0.2) is 0 Å². The molecule has 0 bridgehead atoms. The van der Waals surface area contributed by atoms with Gasteiger partial charge in [-0.05, 0) is 67.1 Å².